The predicted octanol–water partition coefficient (Wildman–Crippen LogP) is 3.67. The Morgan fingerprint density at radius 1 is 1.44 bits per heavy atom. The van der Waals surface area contributed by atoms with Gasteiger partial charge in [0.05, 0.1) is 5.56 Å². The number of hydrogen-bond acceptors (Lipinski definition) is 1. The first kappa shape index (κ1) is 13.3. The van der Waals surface area contributed by atoms with Crippen molar-refractivity contribution < 1.29 is 9.18 Å². The van der Waals surface area contributed by atoms with Crippen molar-refractivity contribution >= 4 is 21.8 Å². The summed E-state index contributed by atoms with van der Waals surface area (Å²) in [6, 6.07) is 4.53. The molecule has 1 aromatic rings. The summed E-state index contributed by atoms with van der Waals surface area (Å²) in [5.74, 6) is -0.385. The van der Waals surface area contributed by atoms with Crippen LogP contribution in [0.15, 0.2) is 34.8 Å². The standard InChI is InChI=1S/C14H15BrFNO/c15-11-7-4-8-12(16)13(11)14(18)17-9-10-5-2-1-3-6-10/h1-2,4,7-8,10H,3,5-6,9H2,(H,17,18). The van der Waals surface area contributed by atoms with Crippen molar-refractivity contribution in [1.29, 1.82) is 0 Å². The summed E-state index contributed by atoms with van der Waals surface area (Å²) in [5.41, 5.74) is 0.0869. The molecule has 2 rings (SSSR count). The molecule has 1 aliphatic rings. The van der Waals surface area contributed by atoms with E-state index in [1.807, 2.05) is 0 Å². The maximum Gasteiger partial charge on any atom is 0.255 e. The SMILES string of the molecule is O=C(NCC1CC=CCC1)c1c(F)cccc1Br. The summed E-state index contributed by atoms with van der Waals surface area (Å²) in [6.07, 6.45) is 7.42. The van der Waals surface area contributed by atoms with Crippen LogP contribution in [0.2, 0.25) is 0 Å². The molecule has 1 N–H and O–H groups in total. The van der Waals surface area contributed by atoms with Crippen molar-refractivity contribution in [2.45, 2.75) is 19.3 Å². The fraction of sp³-hybridized carbons (Fsp3) is 0.357. The third-order valence-electron chi connectivity index (χ3n) is 3.12. The Kier molecular flexibility index (Phi) is 4.53. The lowest BCUT2D eigenvalue weighted by atomic mass is 9.94. The molecule has 2 nitrogen and oxygen atoms in total. The van der Waals surface area contributed by atoms with Crippen molar-refractivity contribution in [1.82, 2.24) is 5.32 Å². The molecule has 96 valence electrons. The van der Waals surface area contributed by atoms with Crippen LogP contribution in [-0.4, -0.2) is 12.5 Å². The van der Waals surface area contributed by atoms with Gasteiger partial charge in [0.1, 0.15) is 5.82 Å². The molecule has 0 aliphatic heterocycles. The maximum atomic E-state index is 13.6. The molecule has 1 amide bonds. The zero-order chi connectivity index (χ0) is 13.0. The highest BCUT2D eigenvalue weighted by Crippen LogP contribution is 2.20. The van der Waals surface area contributed by atoms with Crippen LogP contribution in [0.5, 0.6) is 0 Å². The van der Waals surface area contributed by atoms with Gasteiger partial charge in [-0.3, -0.25) is 4.79 Å². The van der Waals surface area contributed by atoms with E-state index in [4.69, 9.17) is 0 Å². The molecule has 4 heteroatoms. The minimum atomic E-state index is -0.495. The van der Waals surface area contributed by atoms with Crippen LogP contribution in [0.1, 0.15) is 29.6 Å². The fourth-order valence-corrected chi connectivity index (χ4v) is 2.60. The van der Waals surface area contributed by atoms with E-state index in [1.165, 1.54) is 6.07 Å². The molecule has 0 saturated heterocycles. The van der Waals surface area contributed by atoms with E-state index in [-0.39, 0.29) is 11.5 Å². The van der Waals surface area contributed by atoms with Gasteiger partial charge in [-0.05, 0) is 53.2 Å². The molecule has 0 spiro atoms. The highest BCUT2D eigenvalue weighted by molar-refractivity contribution is 9.10. The Morgan fingerprint density at radius 3 is 2.94 bits per heavy atom. The molecular weight excluding hydrogens is 297 g/mol. The van der Waals surface area contributed by atoms with Crippen LogP contribution in [0, 0.1) is 11.7 Å². The number of carbonyl (C=O) groups is 1. The number of rotatable bonds is 3. The maximum absolute atomic E-state index is 13.6. The van der Waals surface area contributed by atoms with Gasteiger partial charge in [-0.1, -0.05) is 18.2 Å². The smallest absolute Gasteiger partial charge is 0.255 e. The van der Waals surface area contributed by atoms with Gasteiger partial charge in [0.25, 0.3) is 5.91 Å². The van der Waals surface area contributed by atoms with Gasteiger partial charge >= 0.3 is 0 Å². The molecule has 0 bridgehead atoms. The van der Waals surface area contributed by atoms with Crippen LogP contribution in [0.25, 0.3) is 0 Å². The zero-order valence-corrected chi connectivity index (χ0v) is 11.5. The third kappa shape index (κ3) is 3.19. The third-order valence-corrected chi connectivity index (χ3v) is 3.78. The van der Waals surface area contributed by atoms with Gasteiger partial charge in [-0.2, -0.15) is 0 Å². The molecule has 0 heterocycles. The van der Waals surface area contributed by atoms with Gasteiger partial charge in [-0.25, -0.2) is 4.39 Å². The minimum absolute atomic E-state index is 0.0869. The highest BCUT2D eigenvalue weighted by Gasteiger charge is 2.17. The summed E-state index contributed by atoms with van der Waals surface area (Å²) in [6.45, 7) is 0.601. The Hall–Kier alpha value is -1.16. The van der Waals surface area contributed by atoms with Crippen LogP contribution in [-0.2, 0) is 0 Å². The number of allylic oxidation sites excluding steroid dienone is 2. The van der Waals surface area contributed by atoms with Crippen molar-refractivity contribution in [3.63, 3.8) is 0 Å². The van der Waals surface area contributed by atoms with Crippen molar-refractivity contribution in [3.05, 3.63) is 46.2 Å². The second-order valence-electron chi connectivity index (χ2n) is 4.46. The van der Waals surface area contributed by atoms with Crippen molar-refractivity contribution in [2.75, 3.05) is 6.54 Å². The lowest BCUT2D eigenvalue weighted by Crippen LogP contribution is -2.30. The van der Waals surface area contributed by atoms with E-state index in [0.29, 0.717) is 16.9 Å². The summed E-state index contributed by atoms with van der Waals surface area (Å²) in [7, 11) is 0. The van der Waals surface area contributed by atoms with E-state index >= 15 is 0 Å². The van der Waals surface area contributed by atoms with Crippen molar-refractivity contribution in [3.8, 4) is 0 Å². The van der Waals surface area contributed by atoms with E-state index in [9.17, 15) is 9.18 Å². The molecule has 0 fully saturated rings. The predicted molar refractivity (Wildman–Crippen MR) is 72.9 cm³/mol. The Balaban J connectivity index is 1.97. The molecule has 0 saturated carbocycles. The number of halogens is 2. The van der Waals surface area contributed by atoms with E-state index < -0.39 is 5.82 Å². The normalized spacial score (nSPS) is 18.7. The molecule has 1 aromatic carbocycles. The quantitative estimate of drug-likeness (QED) is 0.848. The number of amides is 1. The second kappa shape index (κ2) is 6.14. The molecular formula is C14H15BrFNO. The molecule has 0 aromatic heterocycles. The average molecular weight is 312 g/mol. The first-order valence-corrected chi connectivity index (χ1v) is 6.85. The highest BCUT2D eigenvalue weighted by atomic mass is 79.9. The number of hydrogen-bond donors (Lipinski definition) is 1. The van der Waals surface area contributed by atoms with Gasteiger partial charge in [-0.15, -0.1) is 0 Å². The lowest BCUT2D eigenvalue weighted by molar-refractivity contribution is 0.0941. The number of carbonyl (C=O) groups excluding carboxylic acids is 1. The van der Waals surface area contributed by atoms with E-state index in [2.05, 4.69) is 33.4 Å². The van der Waals surface area contributed by atoms with Gasteiger partial charge in [0.15, 0.2) is 0 Å². The van der Waals surface area contributed by atoms with Gasteiger partial charge in [0.2, 0.25) is 0 Å². The van der Waals surface area contributed by atoms with Crippen LogP contribution < -0.4 is 5.32 Å². The molecule has 1 unspecified atom stereocenters. The Morgan fingerprint density at radius 2 is 2.28 bits per heavy atom. The summed E-state index contributed by atoms with van der Waals surface area (Å²) in [4.78, 5) is 11.9. The van der Waals surface area contributed by atoms with Crippen molar-refractivity contribution in [2.24, 2.45) is 5.92 Å². The van der Waals surface area contributed by atoms with E-state index in [0.717, 1.165) is 19.3 Å². The summed E-state index contributed by atoms with van der Waals surface area (Å²) in [5, 5.41) is 2.81. The fourth-order valence-electron chi connectivity index (χ4n) is 2.08. The molecule has 0 radical (unpaired) electrons. The van der Waals surface area contributed by atoms with Crippen LogP contribution >= 0.6 is 15.9 Å². The Labute approximate surface area is 114 Å². The average Bonchev–Trinajstić information content (AvgIpc) is 2.37. The summed E-state index contributed by atoms with van der Waals surface area (Å²) < 4.78 is 14.1. The largest absolute Gasteiger partial charge is 0.352 e. The second-order valence-corrected chi connectivity index (χ2v) is 5.31. The zero-order valence-electron chi connectivity index (χ0n) is 9.96. The topological polar surface area (TPSA) is 29.1 Å². The van der Waals surface area contributed by atoms with Gasteiger partial charge < -0.3 is 5.32 Å². The monoisotopic (exact) mass is 311 g/mol. The minimum Gasteiger partial charge on any atom is -0.352 e. The molecule has 1 atom stereocenters. The first-order chi connectivity index (χ1) is 8.68. The van der Waals surface area contributed by atoms with Gasteiger partial charge in [0, 0.05) is 11.0 Å². The van der Waals surface area contributed by atoms with Crippen LogP contribution in [0.4, 0.5) is 4.39 Å². The Bertz CT molecular complexity index is 453. The van der Waals surface area contributed by atoms with Crippen LogP contribution in [0.3, 0.4) is 0 Å². The summed E-state index contributed by atoms with van der Waals surface area (Å²) >= 11 is 3.20. The number of benzene rings is 1. The molecule has 1 aliphatic carbocycles. The molecule has 18 heavy (non-hydrogen) atoms. The lowest BCUT2D eigenvalue weighted by Gasteiger charge is -2.18. The first-order valence-electron chi connectivity index (χ1n) is 6.05. The van der Waals surface area contributed by atoms with E-state index in [1.54, 1.807) is 12.1 Å². The number of nitrogens with one attached hydrogen (secondary N) is 1.